The molecule has 1 aromatic carbocycles. The molecule has 1 aliphatic heterocycles. The van der Waals surface area contributed by atoms with Crippen LogP contribution in [0.4, 0.5) is 6.01 Å². The van der Waals surface area contributed by atoms with Crippen LogP contribution in [0.5, 0.6) is 0 Å². The average Bonchev–Trinajstić information content (AvgIpc) is 3.30. The number of hydrogen-bond donors (Lipinski definition) is 2. The monoisotopic (exact) mass is 393 g/mol. The van der Waals surface area contributed by atoms with Gasteiger partial charge in [0.05, 0.1) is 0 Å². The Labute approximate surface area is 170 Å². The van der Waals surface area contributed by atoms with Crippen LogP contribution in [0, 0.1) is 5.92 Å². The Bertz CT molecular complexity index is 652. The molecule has 27 heavy (non-hydrogen) atoms. The minimum absolute atomic E-state index is 0. The molecule has 1 fully saturated rings. The van der Waals surface area contributed by atoms with Crippen molar-refractivity contribution in [2.45, 2.75) is 71.1 Å². The number of nitrogens with zero attached hydrogens (tertiary/aromatic N) is 1. The van der Waals surface area contributed by atoms with E-state index in [-0.39, 0.29) is 12.4 Å². The SMILES string of the molecule is CCCCCCCCCCc1ccc2oc(NC[C@H]3CCNC3)nc2c1.Cl. The first-order chi connectivity index (χ1) is 12.8. The summed E-state index contributed by atoms with van der Waals surface area (Å²) in [5.74, 6) is 0.683. The van der Waals surface area contributed by atoms with Crippen LogP contribution in [0.15, 0.2) is 22.6 Å². The van der Waals surface area contributed by atoms with Gasteiger partial charge in [0.15, 0.2) is 5.58 Å². The van der Waals surface area contributed by atoms with Gasteiger partial charge in [-0.2, -0.15) is 4.98 Å². The highest BCUT2D eigenvalue weighted by Gasteiger charge is 2.15. The first-order valence-electron chi connectivity index (χ1n) is 10.7. The highest BCUT2D eigenvalue weighted by atomic mass is 35.5. The maximum absolute atomic E-state index is 5.83. The van der Waals surface area contributed by atoms with E-state index in [2.05, 4.69) is 40.7 Å². The zero-order valence-electron chi connectivity index (χ0n) is 16.8. The summed E-state index contributed by atoms with van der Waals surface area (Å²) in [6, 6.07) is 7.13. The second kappa shape index (κ2) is 12.2. The van der Waals surface area contributed by atoms with Crippen molar-refractivity contribution >= 4 is 29.5 Å². The van der Waals surface area contributed by atoms with E-state index in [0.717, 1.165) is 37.2 Å². The van der Waals surface area contributed by atoms with Crippen LogP contribution < -0.4 is 10.6 Å². The van der Waals surface area contributed by atoms with E-state index in [1.54, 1.807) is 0 Å². The zero-order valence-corrected chi connectivity index (χ0v) is 17.6. The largest absolute Gasteiger partial charge is 0.424 e. The van der Waals surface area contributed by atoms with Crippen molar-refractivity contribution < 1.29 is 4.42 Å². The van der Waals surface area contributed by atoms with Crippen molar-refractivity contribution in [3.8, 4) is 0 Å². The van der Waals surface area contributed by atoms with E-state index in [9.17, 15) is 0 Å². The molecular formula is C22H36ClN3O. The number of hydrogen-bond acceptors (Lipinski definition) is 4. The number of oxazole rings is 1. The summed E-state index contributed by atoms with van der Waals surface area (Å²) < 4.78 is 5.83. The van der Waals surface area contributed by atoms with Crippen LogP contribution in [0.1, 0.15) is 70.3 Å². The summed E-state index contributed by atoms with van der Waals surface area (Å²) >= 11 is 0. The molecule has 1 atom stereocenters. The standard InChI is InChI=1S/C22H35N3O.ClH/c1-2-3-4-5-6-7-8-9-10-18-11-12-21-20(15-18)25-22(26-21)24-17-19-13-14-23-16-19;/h11-12,15,19,23H,2-10,13-14,16-17H2,1H3,(H,24,25);1H/t19-;/m0./s1. The Morgan fingerprint density at radius 1 is 1.11 bits per heavy atom. The molecular weight excluding hydrogens is 358 g/mol. The highest BCUT2D eigenvalue weighted by Crippen LogP contribution is 2.22. The number of aromatic nitrogens is 1. The molecule has 5 heteroatoms. The smallest absolute Gasteiger partial charge is 0.295 e. The number of benzene rings is 1. The molecule has 0 amide bonds. The lowest BCUT2D eigenvalue weighted by molar-refractivity contribution is 0.573. The molecule has 152 valence electrons. The lowest BCUT2D eigenvalue weighted by Crippen LogP contribution is -2.17. The number of nitrogens with one attached hydrogen (secondary N) is 2. The van der Waals surface area contributed by atoms with Gasteiger partial charge in [-0.25, -0.2) is 0 Å². The van der Waals surface area contributed by atoms with Gasteiger partial charge in [-0.05, 0) is 56.0 Å². The van der Waals surface area contributed by atoms with E-state index < -0.39 is 0 Å². The quantitative estimate of drug-likeness (QED) is 0.437. The highest BCUT2D eigenvalue weighted by molar-refractivity contribution is 5.85. The topological polar surface area (TPSA) is 50.1 Å². The first kappa shape index (κ1) is 22.0. The molecule has 3 rings (SSSR count). The van der Waals surface area contributed by atoms with Crippen LogP contribution in [-0.4, -0.2) is 24.6 Å². The zero-order chi connectivity index (χ0) is 18.0. The third-order valence-electron chi connectivity index (χ3n) is 5.48. The maximum Gasteiger partial charge on any atom is 0.295 e. The van der Waals surface area contributed by atoms with Crippen LogP contribution in [0.3, 0.4) is 0 Å². The number of anilines is 1. The van der Waals surface area contributed by atoms with Gasteiger partial charge in [0.1, 0.15) is 5.52 Å². The Hall–Kier alpha value is -1.26. The van der Waals surface area contributed by atoms with Crippen molar-refractivity contribution in [3.63, 3.8) is 0 Å². The number of halogens is 1. The van der Waals surface area contributed by atoms with E-state index in [1.807, 2.05) is 0 Å². The molecule has 0 radical (unpaired) electrons. The summed E-state index contributed by atoms with van der Waals surface area (Å²) in [4.78, 5) is 4.62. The molecule has 1 aromatic heterocycles. The Morgan fingerprint density at radius 3 is 2.63 bits per heavy atom. The van der Waals surface area contributed by atoms with Crippen molar-refractivity contribution in [2.24, 2.45) is 5.92 Å². The van der Waals surface area contributed by atoms with E-state index in [4.69, 9.17) is 4.42 Å². The number of rotatable bonds is 12. The van der Waals surface area contributed by atoms with Crippen molar-refractivity contribution in [1.82, 2.24) is 10.3 Å². The molecule has 1 saturated heterocycles. The summed E-state index contributed by atoms with van der Waals surface area (Å²) in [7, 11) is 0. The fraction of sp³-hybridized carbons (Fsp3) is 0.682. The predicted molar refractivity (Wildman–Crippen MR) is 117 cm³/mol. The van der Waals surface area contributed by atoms with Crippen molar-refractivity contribution in [1.29, 1.82) is 0 Å². The molecule has 0 unspecified atom stereocenters. The third-order valence-corrected chi connectivity index (χ3v) is 5.48. The van der Waals surface area contributed by atoms with Crippen LogP contribution in [0.25, 0.3) is 11.1 Å². The molecule has 2 aromatic rings. The minimum Gasteiger partial charge on any atom is -0.424 e. The Kier molecular flexibility index (Phi) is 10.00. The molecule has 0 aliphatic carbocycles. The molecule has 1 aliphatic rings. The van der Waals surface area contributed by atoms with Gasteiger partial charge in [0.25, 0.3) is 6.01 Å². The van der Waals surface area contributed by atoms with Gasteiger partial charge < -0.3 is 15.1 Å². The molecule has 0 spiro atoms. The van der Waals surface area contributed by atoms with Crippen LogP contribution in [0.2, 0.25) is 0 Å². The van der Waals surface area contributed by atoms with Crippen molar-refractivity contribution in [2.75, 3.05) is 25.0 Å². The lowest BCUT2D eigenvalue weighted by Gasteiger charge is -2.07. The maximum atomic E-state index is 5.83. The summed E-state index contributed by atoms with van der Waals surface area (Å²) in [5.41, 5.74) is 3.24. The Balaban J connectivity index is 0.00000261. The van der Waals surface area contributed by atoms with Gasteiger partial charge in [0.2, 0.25) is 0 Å². The van der Waals surface area contributed by atoms with Gasteiger partial charge in [-0.3, -0.25) is 0 Å². The van der Waals surface area contributed by atoms with Crippen LogP contribution >= 0.6 is 12.4 Å². The number of fused-ring (bicyclic) bond motifs is 1. The van der Waals surface area contributed by atoms with Crippen molar-refractivity contribution in [3.05, 3.63) is 23.8 Å². The summed E-state index contributed by atoms with van der Waals surface area (Å²) in [6.07, 6.45) is 13.3. The second-order valence-corrected chi connectivity index (χ2v) is 7.79. The fourth-order valence-corrected chi connectivity index (χ4v) is 3.79. The molecule has 0 bridgehead atoms. The van der Waals surface area contributed by atoms with E-state index in [0.29, 0.717) is 11.9 Å². The van der Waals surface area contributed by atoms with E-state index in [1.165, 1.54) is 63.4 Å². The molecule has 2 N–H and O–H groups in total. The predicted octanol–water partition coefficient (Wildman–Crippen LogP) is 5.95. The lowest BCUT2D eigenvalue weighted by atomic mass is 10.0. The first-order valence-corrected chi connectivity index (χ1v) is 10.7. The van der Waals surface area contributed by atoms with Crippen LogP contribution in [-0.2, 0) is 6.42 Å². The molecule has 2 heterocycles. The van der Waals surface area contributed by atoms with Gasteiger partial charge >= 0.3 is 0 Å². The molecule has 4 nitrogen and oxygen atoms in total. The normalized spacial score (nSPS) is 16.6. The minimum atomic E-state index is 0. The average molecular weight is 394 g/mol. The third kappa shape index (κ3) is 7.34. The van der Waals surface area contributed by atoms with Gasteiger partial charge in [-0.15, -0.1) is 12.4 Å². The fourth-order valence-electron chi connectivity index (χ4n) is 3.79. The van der Waals surface area contributed by atoms with E-state index >= 15 is 0 Å². The second-order valence-electron chi connectivity index (χ2n) is 7.79. The summed E-state index contributed by atoms with van der Waals surface area (Å²) in [6.45, 7) is 5.43. The van der Waals surface area contributed by atoms with Gasteiger partial charge in [0, 0.05) is 6.54 Å². The molecule has 0 saturated carbocycles. The van der Waals surface area contributed by atoms with Gasteiger partial charge in [-0.1, -0.05) is 57.9 Å². The number of unbranched alkanes of at least 4 members (excludes halogenated alkanes) is 7. The Morgan fingerprint density at radius 2 is 1.89 bits per heavy atom. The number of aryl methyl sites for hydroxylation is 1. The summed E-state index contributed by atoms with van der Waals surface area (Å²) in [5, 5.41) is 6.75.